The number of aromatic amines is 1. The van der Waals surface area contributed by atoms with E-state index in [9.17, 15) is 4.79 Å². The number of aromatic nitrogens is 3. The van der Waals surface area contributed by atoms with Gasteiger partial charge in [0.1, 0.15) is 6.33 Å². The smallest absolute Gasteiger partial charge is 0.244 e. The van der Waals surface area contributed by atoms with Crippen LogP contribution in [0.3, 0.4) is 0 Å². The maximum absolute atomic E-state index is 11.8. The summed E-state index contributed by atoms with van der Waals surface area (Å²) >= 11 is 0. The first-order valence-electron chi connectivity index (χ1n) is 5.73. The zero-order valence-electron chi connectivity index (χ0n) is 9.68. The Hall–Kier alpha value is -2.21. The summed E-state index contributed by atoms with van der Waals surface area (Å²) in [5.41, 5.74) is 6.75. The van der Waals surface area contributed by atoms with Gasteiger partial charge in [0.15, 0.2) is 5.82 Å². The number of amides is 1. The molecule has 2 aromatic rings. The molecule has 0 saturated heterocycles. The zero-order valence-corrected chi connectivity index (χ0v) is 9.68. The van der Waals surface area contributed by atoms with E-state index in [1.54, 1.807) is 0 Å². The van der Waals surface area contributed by atoms with Crippen molar-refractivity contribution in [1.82, 2.24) is 15.2 Å². The number of carbonyl (C=O) groups excluding carboxylic acids is 1. The maximum Gasteiger partial charge on any atom is 0.244 e. The van der Waals surface area contributed by atoms with Crippen LogP contribution < -0.4 is 11.1 Å². The molecule has 1 amide bonds. The van der Waals surface area contributed by atoms with Crippen LogP contribution in [0, 0.1) is 0 Å². The molecular formula is C12H13N5O. The lowest BCUT2D eigenvalue weighted by molar-refractivity contribution is -0.118. The molecule has 1 saturated carbocycles. The summed E-state index contributed by atoms with van der Waals surface area (Å²) in [6.45, 7) is 0. The Morgan fingerprint density at radius 2 is 2.28 bits per heavy atom. The summed E-state index contributed by atoms with van der Waals surface area (Å²) in [6, 6.07) is 7.41. The standard InChI is InChI=1S/C12H13N5O/c13-12(4-5-12)11(18)16-9-3-1-2-8(6-9)10-14-7-15-17-10/h1-3,6-7H,4-5,13H2,(H,16,18)(H,14,15,17). The van der Waals surface area contributed by atoms with Crippen molar-refractivity contribution in [2.24, 2.45) is 5.73 Å². The van der Waals surface area contributed by atoms with Gasteiger partial charge in [0.25, 0.3) is 0 Å². The highest BCUT2D eigenvalue weighted by Gasteiger charge is 2.45. The van der Waals surface area contributed by atoms with Gasteiger partial charge in [-0.2, -0.15) is 5.10 Å². The van der Waals surface area contributed by atoms with Gasteiger partial charge in [0.2, 0.25) is 5.91 Å². The van der Waals surface area contributed by atoms with Gasteiger partial charge >= 0.3 is 0 Å². The molecule has 1 aliphatic carbocycles. The third kappa shape index (κ3) is 1.98. The van der Waals surface area contributed by atoms with Gasteiger partial charge in [-0.1, -0.05) is 12.1 Å². The number of hydrogen-bond donors (Lipinski definition) is 3. The number of nitrogens with one attached hydrogen (secondary N) is 2. The highest BCUT2D eigenvalue weighted by Crippen LogP contribution is 2.33. The molecule has 0 unspecified atom stereocenters. The molecule has 1 aliphatic rings. The second kappa shape index (κ2) is 3.92. The minimum Gasteiger partial charge on any atom is -0.324 e. The Morgan fingerprint density at radius 1 is 1.44 bits per heavy atom. The molecule has 0 aliphatic heterocycles. The Bertz CT molecular complexity index is 574. The molecule has 0 bridgehead atoms. The van der Waals surface area contributed by atoms with Crippen molar-refractivity contribution in [1.29, 1.82) is 0 Å². The van der Waals surface area contributed by atoms with E-state index < -0.39 is 5.54 Å². The zero-order chi connectivity index (χ0) is 12.6. The monoisotopic (exact) mass is 243 g/mol. The van der Waals surface area contributed by atoms with Crippen LogP contribution in [0.15, 0.2) is 30.6 Å². The summed E-state index contributed by atoms with van der Waals surface area (Å²) in [5.74, 6) is 0.539. The van der Waals surface area contributed by atoms with E-state index in [1.165, 1.54) is 6.33 Å². The molecule has 0 radical (unpaired) electrons. The summed E-state index contributed by atoms with van der Waals surface area (Å²) in [7, 11) is 0. The van der Waals surface area contributed by atoms with E-state index in [2.05, 4.69) is 20.5 Å². The third-order valence-corrected chi connectivity index (χ3v) is 3.05. The van der Waals surface area contributed by atoms with Crippen molar-refractivity contribution in [3.8, 4) is 11.4 Å². The lowest BCUT2D eigenvalue weighted by Crippen LogP contribution is -2.37. The average molecular weight is 243 g/mol. The fourth-order valence-electron chi connectivity index (χ4n) is 1.71. The van der Waals surface area contributed by atoms with Gasteiger partial charge in [-0.15, -0.1) is 0 Å². The molecular weight excluding hydrogens is 230 g/mol. The van der Waals surface area contributed by atoms with Crippen LogP contribution in [0.4, 0.5) is 5.69 Å². The van der Waals surface area contributed by atoms with Gasteiger partial charge in [0, 0.05) is 11.3 Å². The predicted octanol–water partition coefficient (Wildman–Crippen LogP) is 0.901. The van der Waals surface area contributed by atoms with E-state index in [1.807, 2.05) is 24.3 Å². The van der Waals surface area contributed by atoms with Crippen molar-refractivity contribution < 1.29 is 4.79 Å². The van der Waals surface area contributed by atoms with E-state index in [4.69, 9.17) is 5.73 Å². The SMILES string of the molecule is NC1(C(=O)Nc2cccc(-c3ncn[nH]3)c2)CC1. The number of rotatable bonds is 3. The highest BCUT2D eigenvalue weighted by atomic mass is 16.2. The Kier molecular flexibility index (Phi) is 2.38. The van der Waals surface area contributed by atoms with Crippen LogP contribution in [0.1, 0.15) is 12.8 Å². The maximum atomic E-state index is 11.8. The van der Waals surface area contributed by atoms with Crippen LogP contribution in [0.25, 0.3) is 11.4 Å². The number of carbonyl (C=O) groups is 1. The molecule has 6 heteroatoms. The third-order valence-electron chi connectivity index (χ3n) is 3.05. The van der Waals surface area contributed by atoms with Gasteiger partial charge in [-0.25, -0.2) is 4.98 Å². The second-order valence-electron chi connectivity index (χ2n) is 4.53. The summed E-state index contributed by atoms with van der Waals surface area (Å²) in [4.78, 5) is 15.9. The van der Waals surface area contributed by atoms with Crippen LogP contribution >= 0.6 is 0 Å². The number of nitrogens with two attached hydrogens (primary N) is 1. The van der Waals surface area contributed by atoms with Gasteiger partial charge in [0.05, 0.1) is 5.54 Å². The normalized spacial score (nSPS) is 16.3. The molecule has 1 fully saturated rings. The second-order valence-corrected chi connectivity index (χ2v) is 4.53. The Balaban J connectivity index is 1.81. The Morgan fingerprint density at radius 3 is 2.94 bits per heavy atom. The quantitative estimate of drug-likeness (QED) is 0.746. The first kappa shape index (κ1) is 10.9. The minimum absolute atomic E-state index is 0.128. The van der Waals surface area contributed by atoms with Crippen LogP contribution in [0.2, 0.25) is 0 Å². The topological polar surface area (TPSA) is 96.7 Å². The highest BCUT2D eigenvalue weighted by molar-refractivity contribution is 6.00. The molecule has 0 spiro atoms. The van der Waals surface area contributed by atoms with Gasteiger partial charge < -0.3 is 11.1 Å². The average Bonchev–Trinajstić information content (AvgIpc) is 2.93. The predicted molar refractivity (Wildman–Crippen MR) is 66.6 cm³/mol. The molecule has 3 rings (SSSR count). The fraction of sp³-hybridized carbons (Fsp3) is 0.250. The van der Waals surface area contributed by atoms with E-state index in [0.29, 0.717) is 11.5 Å². The van der Waals surface area contributed by atoms with E-state index in [-0.39, 0.29) is 5.91 Å². The van der Waals surface area contributed by atoms with Crippen LogP contribution in [0.5, 0.6) is 0 Å². The lowest BCUT2D eigenvalue weighted by atomic mass is 10.2. The van der Waals surface area contributed by atoms with Crippen LogP contribution in [-0.4, -0.2) is 26.6 Å². The summed E-state index contributed by atoms with van der Waals surface area (Å²) < 4.78 is 0. The molecule has 1 aromatic carbocycles. The molecule has 4 N–H and O–H groups in total. The van der Waals surface area contributed by atoms with Gasteiger partial charge in [-0.05, 0) is 25.0 Å². The van der Waals surface area contributed by atoms with Gasteiger partial charge in [-0.3, -0.25) is 9.89 Å². The first-order valence-corrected chi connectivity index (χ1v) is 5.73. The molecule has 0 atom stereocenters. The Labute approximate surface area is 104 Å². The van der Waals surface area contributed by atoms with Crippen molar-refractivity contribution in [2.45, 2.75) is 18.4 Å². The molecule has 1 aromatic heterocycles. The number of hydrogen-bond acceptors (Lipinski definition) is 4. The van der Waals surface area contributed by atoms with Crippen molar-refractivity contribution in [3.05, 3.63) is 30.6 Å². The van der Waals surface area contributed by atoms with Crippen LogP contribution in [-0.2, 0) is 4.79 Å². The molecule has 18 heavy (non-hydrogen) atoms. The molecule has 92 valence electrons. The van der Waals surface area contributed by atoms with Crippen molar-refractivity contribution >= 4 is 11.6 Å². The lowest BCUT2D eigenvalue weighted by Gasteiger charge is -2.10. The largest absolute Gasteiger partial charge is 0.324 e. The first-order chi connectivity index (χ1) is 8.67. The fourth-order valence-corrected chi connectivity index (χ4v) is 1.71. The number of anilines is 1. The molecule has 1 heterocycles. The van der Waals surface area contributed by atoms with Crippen molar-refractivity contribution in [3.63, 3.8) is 0 Å². The van der Waals surface area contributed by atoms with Crippen molar-refractivity contribution in [2.75, 3.05) is 5.32 Å². The summed E-state index contributed by atoms with van der Waals surface area (Å²) in [6.07, 6.45) is 2.95. The van der Waals surface area contributed by atoms with E-state index in [0.717, 1.165) is 18.4 Å². The number of benzene rings is 1. The summed E-state index contributed by atoms with van der Waals surface area (Å²) in [5, 5.41) is 9.39. The minimum atomic E-state index is -0.664. The van der Waals surface area contributed by atoms with E-state index >= 15 is 0 Å². The number of H-pyrrole nitrogens is 1. The number of nitrogens with zero attached hydrogens (tertiary/aromatic N) is 2. The molecule has 6 nitrogen and oxygen atoms in total.